The zero-order valence-electron chi connectivity index (χ0n) is 21.5. The Morgan fingerprint density at radius 2 is 1.66 bits per heavy atom. The number of sulfonamides is 1. The van der Waals surface area contributed by atoms with Crippen molar-refractivity contribution in [3.05, 3.63) is 94.8 Å². The number of hydrogen-bond donors (Lipinski definition) is 1. The molecule has 7 nitrogen and oxygen atoms in total. The fourth-order valence-electron chi connectivity index (χ4n) is 3.98. The maximum absolute atomic E-state index is 13.9. The van der Waals surface area contributed by atoms with Crippen LogP contribution in [0.25, 0.3) is 0 Å². The van der Waals surface area contributed by atoms with Crippen LogP contribution >= 0.6 is 11.6 Å². The molecule has 3 rings (SSSR count). The monoisotopic (exact) mass is 559 g/mol. The SMILES string of the molecule is CCNC(=O)[C@@H](CC)N(Cc1ccc(F)cc1)C(=O)CN(c1ccc(C)c(Cl)c1)S(=O)(=O)c1ccccc1. The molecule has 0 bridgehead atoms. The van der Waals surface area contributed by atoms with Crippen molar-refractivity contribution in [2.24, 2.45) is 0 Å². The summed E-state index contributed by atoms with van der Waals surface area (Å²) in [5.74, 6) is -1.39. The molecule has 0 radical (unpaired) electrons. The molecule has 202 valence electrons. The predicted molar refractivity (Wildman–Crippen MR) is 147 cm³/mol. The lowest BCUT2D eigenvalue weighted by Gasteiger charge is -2.33. The number of likely N-dealkylation sites (N-methyl/N-ethyl adjacent to an activating group) is 1. The highest BCUT2D eigenvalue weighted by Gasteiger charge is 2.33. The largest absolute Gasteiger partial charge is 0.355 e. The van der Waals surface area contributed by atoms with Crippen LogP contribution in [0.2, 0.25) is 5.02 Å². The molecule has 0 saturated carbocycles. The Labute approximate surface area is 228 Å². The highest BCUT2D eigenvalue weighted by molar-refractivity contribution is 7.92. The van der Waals surface area contributed by atoms with E-state index in [0.717, 1.165) is 9.87 Å². The number of aryl methyl sites for hydroxylation is 1. The van der Waals surface area contributed by atoms with Crippen LogP contribution in [0.15, 0.2) is 77.7 Å². The van der Waals surface area contributed by atoms with Crippen LogP contribution in [0.3, 0.4) is 0 Å². The number of benzene rings is 3. The van der Waals surface area contributed by atoms with Gasteiger partial charge < -0.3 is 10.2 Å². The molecule has 1 N–H and O–H groups in total. The Hall–Kier alpha value is -3.43. The number of nitrogens with zero attached hydrogens (tertiary/aromatic N) is 2. The highest BCUT2D eigenvalue weighted by atomic mass is 35.5. The van der Waals surface area contributed by atoms with Gasteiger partial charge in [0.05, 0.1) is 10.6 Å². The summed E-state index contributed by atoms with van der Waals surface area (Å²) in [6, 6.07) is 17.3. The number of amides is 2. The third-order valence-corrected chi connectivity index (χ3v) is 8.25. The molecule has 3 aromatic carbocycles. The molecule has 10 heteroatoms. The van der Waals surface area contributed by atoms with E-state index in [4.69, 9.17) is 11.6 Å². The average molecular weight is 560 g/mol. The number of rotatable bonds is 11. The van der Waals surface area contributed by atoms with E-state index in [1.165, 1.54) is 47.4 Å². The molecule has 0 heterocycles. The first kappa shape index (κ1) is 29.1. The highest BCUT2D eigenvalue weighted by Crippen LogP contribution is 2.28. The Morgan fingerprint density at radius 1 is 1.00 bits per heavy atom. The molecule has 3 aromatic rings. The zero-order chi connectivity index (χ0) is 27.9. The van der Waals surface area contributed by atoms with Crippen LogP contribution < -0.4 is 9.62 Å². The Balaban J connectivity index is 2.06. The minimum absolute atomic E-state index is 0.00495. The van der Waals surface area contributed by atoms with Crippen molar-refractivity contribution in [3.8, 4) is 0 Å². The van der Waals surface area contributed by atoms with Crippen molar-refractivity contribution < 1.29 is 22.4 Å². The number of anilines is 1. The van der Waals surface area contributed by atoms with E-state index in [1.807, 2.05) is 0 Å². The predicted octanol–water partition coefficient (Wildman–Crippen LogP) is 4.93. The lowest BCUT2D eigenvalue weighted by atomic mass is 10.1. The van der Waals surface area contributed by atoms with Crippen LogP contribution in [0, 0.1) is 12.7 Å². The summed E-state index contributed by atoms with van der Waals surface area (Å²) in [4.78, 5) is 28.1. The molecular weight excluding hydrogens is 529 g/mol. The van der Waals surface area contributed by atoms with Crippen molar-refractivity contribution in [3.63, 3.8) is 0 Å². The number of carbonyl (C=O) groups excluding carboxylic acids is 2. The van der Waals surface area contributed by atoms with E-state index in [1.54, 1.807) is 51.1 Å². The first-order valence-corrected chi connectivity index (χ1v) is 14.1. The second kappa shape index (κ2) is 12.9. The summed E-state index contributed by atoms with van der Waals surface area (Å²) in [6.07, 6.45) is 0.292. The molecule has 0 aromatic heterocycles. The van der Waals surface area contributed by atoms with Gasteiger partial charge in [0, 0.05) is 18.1 Å². The molecule has 0 saturated heterocycles. The van der Waals surface area contributed by atoms with Gasteiger partial charge in [-0.15, -0.1) is 0 Å². The van der Waals surface area contributed by atoms with E-state index in [0.29, 0.717) is 23.6 Å². The van der Waals surface area contributed by atoms with E-state index in [9.17, 15) is 22.4 Å². The van der Waals surface area contributed by atoms with Gasteiger partial charge >= 0.3 is 0 Å². The summed E-state index contributed by atoms with van der Waals surface area (Å²) < 4.78 is 42.0. The quantitative estimate of drug-likeness (QED) is 0.361. The summed E-state index contributed by atoms with van der Waals surface area (Å²) in [6.45, 7) is 5.10. The molecule has 38 heavy (non-hydrogen) atoms. The van der Waals surface area contributed by atoms with E-state index in [2.05, 4.69) is 5.32 Å². The van der Waals surface area contributed by atoms with Gasteiger partial charge in [-0.1, -0.05) is 54.9 Å². The van der Waals surface area contributed by atoms with Crippen LogP contribution in [-0.2, 0) is 26.2 Å². The van der Waals surface area contributed by atoms with Gasteiger partial charge in [-0.25, -0.2) is 12.8 Å². The number of nitrogens with one attached hydrogen (secondary N) is 1. The molecule has 0 aliphatic carbocycles. The number of hydrogen-bond acceptors (Lipinski definition) is 4. The van der Waals surface area contributed by atoms with Gasteiger partial charge in [-0.2, -0.15) is 0 Å². The Kier molecular flexibility index (Phi) is 9.88. The second-order valence-electron chi connectivity index (χ2n) is 8.72. The molecule has 0 aliphatic heterocycles. The van der Waals surface area contributed by atoms with Gasteiger partial charge in [0.2, 0.25) is 11.8 Å². The fraction of sp³-hybridized carbons (Fsp3) is 0.286. The van der Waals surface area contributed by atoms with Gasteiger partial charge in [-0.05, 0) is 67.8 Å². The first-order chi connectivity index (χ1) is 18.1. The van der Waals surface area contributed by atoms with E-state index in [-0.39, 0.29) is 23.0 Å². The minimum Gasteiger partial charge on any atom is -0.355 e. The maximum Gasteiger partial charge on any atom is 0.264 e. The third-order valence-electron chi connectivity index (χ3n) is 6.06. The van der Waals surface area contributed by atoms with Crippen molar-refractivity contribution >= 4 is 39.1 Å². The van der Waals surface area contributed by atoms with Crippen LogP contribution in [0.1, 0.15) is 31.4 Å². The molecule has 0 spiro atoms. The third kappa shape index (κ3) is 6.90. The van der Waals surface area contributed by atoms with Crippen molar-refractivity contribution in [2.45, 2.75) is 44.7 Å². The fourth-order valence-corrected chi connectivity index (χ4v) is 5.59. The Bertz CT molecular complexity index is 1370. The van der Waals surface area contributed by atoms with Crippen molar-refractivity contribution in [1.82, 2.24) is 10.2 Å². The summed E-state index contributed by atoms with van der Waals surface area (Å²) in [5.41, 5.74) is 1.56. The molecule has 0 fully saturated rings. The number of halogens is 2. The van der Waals surface area contributed by atoms with E-state index >= 15 is 0 Å². The molecule has 2 amide bonds. The summed E-state index contributed by atoms with van der Waals surface area (Å²) >= 11 is 6.32. The lowest BCUT2D eigenvalue weighted by molar-refractivity contribution is -0.140. The molecule has 0 aliphatic rings. The van der Waals surface area contributed by atoms with Crippen molar-refractivity contribution in [2.75, 3.05) is 17.4 Å². The van der Waals surface area contributed by atoms with Gasteiger partial charge in [0.25, 0.3) is 10.0 Å². The lowest BCUT2D eigenvalue weighted by Crippen LogP contribution is -2.52. The molecule has 0 unspecified atom stereocenters. The van der Waals surface area contributed by atoms with Gasteiger partial charge in [0.1, 0.15) is 18.4 Å². The average Bonchev–Trinajstić information content (AvgIpc) is 2.90. The number of carbonyl (C=O) groups is 2. The van der Waals surface area contributed by atoms with Gasteiger partial charge in [-0.3, -0.25) is 13.9 Å². The van der Waals surface area contributed by atoms with Crippen LogP contribution in [0.5, 0.6) is 0 Å². The van der Waals surface area contributed by atoms with Crippen molar-refractivity contribution in [1.29, 1.82) is 0 Å². The first-order valence-electron chi connectivity index (χ1n) is 12.2. The Morgan fingerprint density at radius 3 is 2.24 bits per heavy atom. The summed E-state index contributed by atoms with van der Waals surface area (Å²) in [7, 11) is -4.18. The van der Waals surface area contributed by atoms with Crippen LogP contribution in [-0.4, -0.2) is 44.3 Å². The normalized spacial score (nSPS) is 12.0. The maximum atomic E-state index is 13.9. The standard InChI is InChI=1S/C28H31ClFN3O4S/c1-4-26(28(35)31-5-2)32(18-21-12-14-22(30)15-13-21)27(34)19-33(23-16-11-20(3)25(29)17-23)38(36,37)24-9-7-6-8-10-24/h6-17,26H,4-5,18-19H2,1-3H3,(H,31,35)/t26-/m1/s1. The topological polar surface area (TPSA) is 86.8 Å². The molecular formula is C28H31ClFN3O4S. The molecule has 1 atom stereocenters. The van der Waals surface area contributed by atoms with E-state index < -0.39 is 34.3 Å². The van der Waals surface area contributed by atoms with Gasteiger partial charge in [0.15, 0.2) is 0 Å². The van der Waals surface area contributed by atoms with Crippen LogP contribution in [0.4, 0.5) is 10.1 Å². The minimum atomic E-state index is -4.18. The zero-order valence-corrected chi connectivity index (χ0v) is 23.1. The summed E-state index contributed by atoms with van der Waals surface area (Å²) in [5, 5.41) is 3.09. The second-order valence-corrected chi connectivity index (χ2v) is 11.0. The smallest absolute Gasteiger partial charge is 0.264 e.